The van der Waals surface area contributed by atoms with Crippen LogP contribution in [0.15, 0.2) is 36.5 Å². The Balaban J connectivity index is 1.66. The number of carbonyl (C=O) groups is 2. The van der Waals surface area contributed by atoms with Crippen molar-refractivity contribution in [3.05, 3.63) is 59.0 Å². The molecule has 1 aliphatic carbocycles. The SMILES string of the molecule is O=C(NCc1cc(C(F)(F)F)ccc1F)c1ccnc(NC(=O)C2CC2)c1. The van der Waals surface area contributed by atoms with Gasteiger partial charge in [-0.15, -0.1) is 0 Å². The fraction of sp³-hybridized carbons (Fsp3) is 0.278. The van der Waals surface area contributed by atoms with Crippen LogP contribution in [0, 0.1) is 11.7 Å². The molecule has 0 bridgehead atoms. The molecule has 2 amide bonds. The van der Waals surface area contributed by atoms with E-state index in [1.54, 1.807) is 0 Å². The van der Waals surface area contributed by atoms with Crippen LogP contribution >= 0.6 is 0 Å². The standard InChI is InChI=1S/C18H15F4N3O2/c19-14-4-3-13(18(20,21)22)7-12(14)9-24-16(26)11-5-6-23-15(8-11)25-17(27)10-1-2-10/h3-8,10H,1-2,9H2,(H,24,26)(H,23,25,27). The highest BCUT2D eigenvalue weighted by Crippen LogP contribution is 2.31. The Morgan fingerprint density at radius 3 is 2.56 bits per heavy atom. The lowest BCUT2D eigenvalue weighted by molar-refractivity contribution is -0.137. The number of carbonyl (C=O) groups excluding carboxylic acids is 2. The summed E-state index contributed by atoms with van der Waals surface area (Å²) in [4.78, 5) is 27.9. The van der Waals surface area contributed by atoms with Gasteiger partial charge in [0.2, 0.25) is 5.91 Å². The number of pyridine rings is 1. The number of rotatable bonds is 5. The number of hydrogen-bond donors (Lipinski definition) is 2. The number of anilines is 1. The number of aromatic nitrogens is 1. The molecule has 1 fully saturated rings. The summed E-state index contributed by atoms with van der Waals surface area (Å²) in [6.45, 7) is -0.416. The number of alkyl halides is 3. The molecular formula is C18H15F4N3O2. The summed E-state index contributed by atoms with van der Waals surface area (Å²) >= 11 is 0. The van der Waals surface area contributed by atoms with Crippen LogP contribution in [0.3, 0.4) is 0 Å². The first-order valence-electron chi connectivity index (χ1n) is 8.15. The Morgan fingerprint density at radius 1 is 1.15 bits per heavy atom. The summed E-state index contributed by atoms with van der Waals surface area (Å²) in [6, 6.07) is 4.73. The quantitative estimate of drug-likeness (QED) is 0.779. The van der Waals surface area contributed by atoms with Crippen LogP contribution in [0.1, 0.15) is 34.3 Å². The van der Waals surface area contributed by atoms with Crippen molar-refractivity contribution >= 4 is 17.6 Å². The van der Waals surface area contributed by atoms with Crippen molar-refractivity contribution in [2.75, 3.05) is 5.32 Å². The van der Waals surface area contributed by atoms with E-state index in [1.807, 2.05) is 0 Å². The van der Waals surface area contributed by atoms with Crippen LogP contribution in [0.25, 0.3) is 0 Å². The summed E-state index contributed by atoms with van der Waals surface area (Å²) in [6.07, 6.45) is -1.66. The van der Waals surface area contributed by atoms with Gasteiger partial charge in [-0.2, -0.15) is 13.2 Å². The van der Waals surface area contributed by atoms with Crippen molar-refractivity contribution in [3.8, 4) is 0 Å². The Labute approximate surface area is 151 Å². The molecule has 0 aliphatic heterocycles. The summed E-state index contributed by atoms with van der Waals surface area (Å²) < 4.78 is 51.9. The Morgan fingerprint density at radius 2 is 1.89 bits per heavy atom. The fourth-order valence-corrected chi connectivity index (χ4v) is 2.38. The average molecular weight is 381 g/mol. The molecule has 3 rings (SSSR count). The molecule has 1 aliphatic rings. The number of halogens is 4. The molecule has 0 radical (unpaired) electrons. The van der Waals surface area contributed by atoms with E-state index in [4.69, 9.17) is 0 Å². The molecule has 142 valence electrons. The van der Waals surface area contributed by atoms with Gasteiger partial charge >= 0.3 is 6.18 Å². The van der Waals surface area contributed by atoms with E-state index >= 15 is 0 Å². The van der Waals surface area contributed by atoms with Crippen molar-refractivity contribution in [1.29, 1.82) is 0 Å². The van der Waals surface area contributed by atoms with E-state index in [0.29, 0.717) is 18.2 Å². The highest BCUT2D eigenvalue weighted by Gasteiger charge is 2.31. The van der Waals surface area contributed by atoms with Crippen LogP contribution in [-0.4, -0.2) is 16.8 Å². The minimum Gasteiger partial charge on any atom is -0.348 e. The first-order valence-corrected chi connectivity index (χ1v) is 8.15. The van der Waals surface area contributed by atoms with Gasteiger partial charge < -0.3 is 10.6 Å². The third-order valence-electron chi connectivity index (χ3n) is 4.03. The molecule has 0 unspecified atom stereocenters. The van der Waals surface area contributed by atoms with Gasteiger partial charge in [0.05, 0.1) is 5.56 Å². The molecule has 5 nitrogen and oxygen atoms in total. The van der Waals surface area contributed by atoms with E-state index < -0.39 is 30.0 Å². The van der Waals surface area contributed by atoms with Gasteiger partial charge in [0.15, 0.2) is 0 Å². The third kappa shape index (κ3) is 4.81. The molecule has 1 saturated carbocycles. The molecule has 2 aromatic rings. The predicted molar refractivity (Wildman–Crippen MR) is 88.2 cm³/mol. The Hall–Kier alpha value is -2.97. The lowest BCUT2D eigenvalue weighted by atomic mass is 10.1. The monoisotopic (exact) mass is 381 g/mol. The second-order valence-corrected chi connectivity index (χ2v) is 6.18. The molecule has 0 saturated heterocycles. The first-order chi connectivity index (χ1) is 12.7. The van der Waals surface area contributed by atoms with Crippen LogP contribution in [0.5, 0.6) is 0 Å². The van der Waals surface area contributed by atoms with Gasteiger partial charge in [0.1, 0.15) is 11.6 Å². The number of benzene rings is 1. The van der Waals surface area contributed by atoms with Crippen molar-refractivity contribution in [1.82, 2.24) is 10.3 Å². The van der Waals surface area contributed by atoms with Crippen molar-refractivity contribution in [2.24, 2.45) is 5.92 Å². The maximum atomic E-state index is 13.7. The number of amides is 2. The largest absolute Gasteiger partial charge is 0.416 e. The van der Waals surface area contributed by atoms with Gasteiger partial charge in [-0.05, 0) is 43.2 Å². The molecule has 27 heavy (non-hydrogen) atoms. The van der Waals surface area contributed by atoms with E-state index in [0.717, 1.165) is 12.8 Å². The maximum Gasteiger partial charge on any atom is 0.416 e. The van der Waals surface area contributed by atoms with Gasteiger partial charge in [-0.25, -0.2) is 9.37 Å². The lowest BCUT2D eigenvalue weighted by Crippen LogP contribution is -2.24. The van der Waals surface area contributed by atoms with E-state index in [2.05, 4.69) is 15.6 Å². The third-order valence-corrected chi connectivity index (χ3v) is 4.03. The van der Waals surface area contributed by atoms with Gasteiger partial charge in [0, 0.05) is 29.8 Å². The predicted octanol–water partition coefficient (Wildman–Crippen LogP) is 3.52. The topological polar surface area (TPSA) is 71.1 Å². The zero-order valence-corrected chi connectivity index (χ0v) is 13.9. The molecule has 2 N–H and O–H groups in total. The second-order valence-electron chi connectivity index (χ2n) is 6.18. The molecule has 1 aromatic carbocycles. The first kappa shape index (κ1) is 18.8. The zero-order chi connectivity index (χ0) is 19.6. The van der Waals surface area contributed by atoms with Crippen LogP contribution in [0.4, 0.5) is 23.4 Å². The van der Waals surface area contributed by atoms with Crippen molar-refractivity contribution in [2.45, 2.75) is 25.6 Å². The van der Waals surface area contributed by atoms with Crippen molar-refractivity contribution < 1.29 is 27.2 Å². The van der Waals surface area contributed by atoms with E-state index in [-0.39, 0.29) is 28.8 Å². The average Bonchev–Trinajstić information content (AvgIpc) is 3.45. The smallest absolute Gasteiger partial charge is 0.348 e. The molecule has 0 spiro atoms. The summed E-state index contributed by atoms with van der Waals surface area (Å²) in [7, 11) is 0. The molecule has 1 aromatic heterocycles. The van der Waals surface area contributed by atoms with Crippen molar-refractivity contribution in [3.63, 3.8) is 0 Å². The summed E-state index contributed by atoms with van der Waals surface area (Å²) in [5.74, 6) is -1.49. The lowest BCUT2D eigenvalue weighted by Gasteiger charge is -2.11. The zero-order valence-electron chi connectivity index (χ0n) is 13.9. The highest BCUT2D eigenvalue weighted by molar-refractivity contribution is 5.97. The second kappa shape index (κ2) is 7.34. The van der Waals surface area contributed by atoms with E-state index in [1.165, 1.54) is 18.3 Å². The van der Waals surface area contributed by atoms with Gasteiger partial charge in [-0.3, -0.25) is 9.59 Å². The Bertz CT molecular complexity index is 879. The molecule has 9 heteroatoms. The maximum absolute atomic E-state index is 13.7. The molecule has 1 heterocycles. The minimum atomic E-state index is -4.60. The van der Waals surface area contributed by atoms with E-state index in [9.17, 15) is 27.2 Å². The van der Waals surface area contributed by atoms with Crippen LogP contribution in [-0.2, 0) is 17.5 Å². The van der Waals surface area contributed by atoms with Gasteiger partial charge in [-0.1, -0.05) is 0 Å². The number of hydrogen-bond acceptors (Lipinski definition) is 3. The summed E-state index contributed by atoms with van der Waals surface area (Å²) in [5, 5.41) is 4.95. The number of nitrogens with zero attached hydrogens (tertiary/aromatic N) is 1. The van der Waals surface area contributed by atoms with Gasteiger partial charge in [0.25, 0.3) is 5.91 Å². The normalized spacial score (nSPS) is 13.9. The van der Waals surface area contributed by atoms with Crippen LogP contribution < -0.4 is 10.6 Å². The molecular weight excluding hydrogens is 366 g/mol. The number of nitrogens with one attached hydrogen (secondary N) is 2. The van der Waals surface area contributed by atoms with Crippen LogP contribution in [0.2, 0.25) is 0 Å². The fourth-order valence-electron chi connectivity index (χ4n) is 2.38. The minimum absolute atomic E-state index is 0.0341. The Kier molecular flexibility index (Phi) is 5.11. The highest BCUT2D eigenvalue weighted by atomic mass is 19.4. The molecule has 0 atom stereocenters. The summed E-state index contributed by atoms with van der Waals surface area (Å²) in [5.41, 5.74) is -1.14.